The molecule has 0 unspecified atom stereocenters. The van der Waals surface area contributed by atoms with Crippen LogP contribution in [0.25, 0.3) is 0 Å². The Kier molecular flexibility index (Phi) is 3.25. The molecule has 1 aromatic rings. The molecule has 1 fully saturated rings. The van der Waals surface area contributed by atoms with E-state index in [1.807, 2.05) is 0 Å². The lowest BCUT2D eigenvalue weighted by molar-refractivity contribution is 0.579. The van der Waals surface area contributed by atoms with Crippen LogP contribution in [0.3, 0.4) is 0 Å². The fourth-order valence-electron chi connectivity index (χ4n) is 2.68. The van der Waals surface area contributed by atoms with Crippen molar-refractivity contribution in [3.05, 3.63) is 23.8 Å². The third-order valence-electron chi connectivity index (χ3n) is 4.12. The van der Waals surface area contributed by atoms with Crippen LogP contribution in [-0.2, 0) is 26.5 Å². The number of benzene rings is 1. The lowest BCUT2D eigenvalue weighted by Gasteiger charge is -2.21. The highest BCUT2D eigenvalue weighted by molar-refractivity contribution is 7.92. The van der Waals surface area contributed by atoms with Crippen LogP contribution >= 0.6 is 0 Å². The average molecular weight is 341 g/mol. The Morgan fingerprint density at radius 3 is 2.50 bits per heavy atom. The number of nitrogens with zero attached hydrogens (tertiary/aromatic N) is 2. The molecule has 2 aliphatic rings. The Bertz CT molecular complexity index is 880. The van der Waals surface area contributed by atoms with Gasteiger partial charge >= 0.3 is 0 Å². The van der Waals surface area contributed by atoms with E-state index >= 15 is 0 Å². The van der Waals surface area contributed by atoms with Crippen molar-refractivity contribution in [2.75, 3.05) is 16.6 Å². The summed E-state index contributed by atoms with van der Waals surface area (Å²) in [4.78, 5) is -0.0267. The Balaban J connectivity index is 1.93. The SMILES string of the molecule is N#CC1(CS(=O)(=O)N2CCc3cc(S(N)(=O)=O)ccc32)CC1. The molecule has 1 aliphatic heterocycles. The fraction of sp³-hybridized carbons (Fsp3) is 0.462. The summed E-state index contributed by atoms with van der Waals surface area (Å²) in [5.74, 6) is -0.188. The standard InChI is InChI=1S/C13H15N3O4S2/c14-8-13(4-5-13)9-21(17,18)16-6-3-10-7-11(22(15,19)20)1-2-12(10)16/h1-2,7H,3-6,9H2,(H2,15,19,20). The highest BCUT2D eigenvalue weighted by Crippen LogP contribution is 2.47. The van der Waals surface area contributed by atoms with E-state index in [9.17, 15) is 16.8 Å². The molecule has 118 valence electrons. The van der Waals surface area contributed by atoms with Crippen LogP contribution in [0.2, 0.25) is 0 Å². The van der Waals surface area contributed by atoms with E-state index in [2.05, 4.69) is 6.07 Å². The average Bonchev–Trinajstić information content (AvgIpc) is 3.04. The molecule has 0 bridgehead atoms. The second-order valence-corrected chi connectivity index (χ2v) is 9.26. The highest BCUT2D eigenvalue weighted by atomic mass is 32.2. The van der Waals surface area contributed by atoms with Gasteiger partial charge in [0.15, 0.2) is 0 Å². The zero-order chi connectivity index (χ0) is 16.2. The van der Waals surface area contributed by atoms with Gasteiger partial charge in [-0.25, -0.2) is 22.0 Å². The van der Waals surface area contributed by atoms with Crippen LogP contribution in [0, 0.1) is 16.7 Å². The maximum atomic E-state index is 12.5. The van der Waals surface area contributed by atoms with Crippen molar-refractivity contribution in [2.24, 2.45) is 10.6 Å². The number of fused-ring (bicyclic) bond motifs is 1. The zero-order valence-corrected chi connectivity index (χ0v) is 13.3. The number of anilines is 1. The number of hydrogen-bond donors (Lipinski definition) is 1. The number of nitriles is 1. The van der Waals surface area contributed by atoms with Crippen molar-refractivity contribution in [3.8, 4) is 6.07 Å². The van der Waals surface area contributed by atoms with Crippen LogP contribution in [0.1, 0.15) is 18.4 Å². The molecular weight excluding hydrogens is 326 g/mol. The molecule has 22 heavy (non-hydrogen) atoms. The van der Waals surface area contributed by atoms with Gasteiger partial charge in [-0.1, -0.05) is 0 Å². The molecule has 0 amide bonds. The minimum absolute atomic E-state index is 0.0267. The van der Waals surface area contributed by atoms with E-state index in [4.69, 9.17) is 10.4 Å². The molecule has 1 heterocycles. The molecule has 1 saturated carbocycles. The quantitative estimate of drug-likeness (QED) is 0.846. The second-order valence-electron chi connectivity index (χ2n) is 5.81. The van der Waals surface area contributed by atoms with Crippen molar-refractivity contribution in [3.63, 3.8) is 0 Å². The van der Waals surface area contributed by atoms with Crippen LogP contribution in [0.5, 0.6) is 0 Å². The Hall–Kier alpha value is -1.63. The van der Waals surface area contributed by atoms with Crippen LogP contribution in [-0.4, -0.2) is 29.1 Å². The summed E-state index contributed by atoms with van der Waals surface area (Å²) in [5, 5.41) is 14.2. The molecule has 3 rings (SSSR count). The van der Waals surface area contributed by atoms with Gasteiger partial charge < -0.3 is 0 Å². The van der Waals surface area contributed by atoms with Gasteiger partial charge in [-0.3, -0.25) is 4.31 Å². The fourth-order valence-corrected chi connectivity index (χ4v) is 5.30. The Morgan fingerprint density at radius 2 is 1.95 bits per heavy atom. The molecule has 1 aromatic carbocycles. The van der Waals surface area contributed by atoms with Crippen molar-refractivity contribution in [1.29, 1.82) is 5.26 Å². The molecule has 0 radical (unpaired) electrons. The Labute approximate surface area is 129 Å². The second kappa shape index (κ2) is 4.68. The third-order valence-corrected chi connectivity index (χ3v) is 7.00. The minimum Gasteiger partial charge on any atom is -0.270 e. The highest BCUT2D eigenvalue weighted by Gasteiger charge is 2.48. The number of primary sulfonamides is 1. The van der Waals surface area contributed by atoms with Gasteiger partial charge in [0.05, 0.1) is 27.8 Å². The van der Waals surface area contributed by atoms with E-state index in [1.54, 1.807) is 0 Å². The molecule has 1 aliphatic carbocycles. The maximum Gasteiger partial charge on any atom is 0.238 e. The van der Waals surface area contributed by atoms with Gasteiger partial charge in [0, 0.05) is 6.54 Å². The van der Waals surface area contributed by atoms with E-state index in [0.717, 1.165) is 0 Å². The summed E-state index contributed by atoms with van der Waals surface area (Å²) in [5.41, 5.74) is 0.361. The first-order valence-corrected chi connectivity index (χ1v) is 9.90. The number of nitrogens with two attached hydrogens (primary N) is 1. The smallest absolute Gasteiger partial charge is 0.238 e. The van der Waals surface area contributed by atoms with Gasteiger partial charge in [0.1, 0.15) is 0 Å². The van der Waals surface area contributed by atoms with Crippen molar-refractivity contribution in [1.82, 2.24) is 0 Å². The van der Waals surface area contributed by atoms with Crippen LogP contribution < -0.4 is 9.44 Å². The summed E-state index contributed by atoms with van der Waals surface area (Å²) in [6.45, 7) is 0.257. The van der Waals surface area contributed by atoms with E-state index in [0.29, 0.717) is 30.5 Å². The Morgan fingerprint density at radius 1 is 1.27 bits per heavy atom. The van der Waals surface area contributed by atoms with E-state index < -0.39 is 25.5 Å². The topological polar surface area (TPSA) is 121 Å². The molecule has 0 saturated heterocycles. The molecule has 9 heteroatoms. The summed E-state index contributed by atoms with van der Waals surface area (Å²) in [7, 11) is -7.41. The largest absolute Gasteiger partial charge is 0.270 e. The summed E-state index contributed by atoms with van der Waals surface area (Å²) < 4.78 is 49.0. The summed E-state index contributed by atoms with van der Waals surface area (Å²) >= 11 is 0. The van der Waals surface area contributed by atoms with Crippen LogP contribution in [0.15, 0.2) is 23.1 Å². The first-order chi connectivity index (χ1) is 10.2. The lowest BCUT2D eigenvalue weighted by Crippen LogP contribution is -2.34. The molecule has 0 aromatic heterocycles. The van der Waals surface area contributed by atoms with Gasteiger partial charge in [-0.05, 0) is 43.0 Å². The molecule has 0 spiro atoms. The first-order valence-electron chi connectivity index (χ1n) is 6.74. The molecular formula is C13H15N3O4S2. The van der Waals surface area contributed by atoms with Gasteiger partial charge in [-0.15, -0.1) is 0 Å². The summed E-state index contributed by atoms with van der Waals surface area (Å²) in [6, 6.07) is 6.27. The number of rotatable bonds is 4. The minimum atomic E-state index is -3.81. The molecule has 0 atom stereocenters. The van der Waals surface area contributed by atoms with Gasteiger partial charge in [-0.2, -0.15) is 5.26 Å². The monoisotopic (exact) mass is 341 g/mol. The van der Waals surface area contributed by atoms with E-state index in [-0.39, 0.29) is 17.2 Å². The predicted molar refractivity (Wildman–Crippen MR) is 79.9 cm³/mol. The molecule has 2 N–H and O–H groups in total. The van der Waals surface area contributed by atoms with Gasteiger partial charge in [0.2, 0.25) is 20.0 Å². The third kappa shape index (κ3) is 2.58. The summed E-state index contributed by atoms with van der Waals surface area (Å²) in [6.07, 6.45) is 1.64. The predicted octanol–water partition coefficient (Wildman–Crippen LogP) is 0.330. The van der Waals surface area contributed by atoms with Gasteiger partial charge in [0.25, 0.3) is 0 Å². The van der Waals surface area contributed by atoms with E-state index in [1.165, 1.54) is 22.5 Å². The maximum absolute atomic E-state index is 12.5. The van der Waals surface area contributed by atoms with Crippen LogP contribution in [0.4, 0.5) is 5.69 Å². The van der Waals surface area contributed by atoms with Crippen molar-refractivity contribution in [2.45, 2.75) is 24.2 Å². The molecule has 7 nitrogen and oxygen atoms in total. The number of sulfonamides is 2. The normalized spacial score (nSPS) is 19.5. The van der Waals surface area contributed by atoms with Crippen molar-refractivity contribution < 1.29 is 16.8 Å². The lowest BCUT2D eigenvalue weighted by atomic mass is 10.2. The van der Waals surface area contributed by atoms with Crippen molar-refractivity contribution >= 4 is 25.7 Å². The number of hydrogen-bond acceptors (Lipinski definition) is 5. The first kappa shape index (κ1) is 15.3. The zero-order valence-electron chi connectivity index (χ0n) is 11.7.